The number of nitrogens with zero attached hydrogens (tertiary/aromatic N) is 2. The number of hydrogen-bond acceptors (Lipinski definition) is 3. The van der Waals surface area contributed by atoms with Gasteiger partial charge in [0.1, 0.15) is 6.07 Å². The van der Waals surface area contributed by atoms with Crippen molar-refractivity contribution < 1.29 is 0 Å². The molecule has 0 fully saturated rings. The lowest BCUT2D eigenvalue weighted by molar-refractivity contribution is 0.851. The number of nitrogens with two attached hydrogens (primary N) is 1. The molecule has 0 aliphatic carbocycles. The van der Waals surface area contributed by atoms with Crippen molar-refractivity contribution >= 4 is 11.4 Å². The molecule has 0 saturated heterocycles. The average molecular weight is 189 g/mol. The van der Waals surface area contributed by atoms with Gasteiger partial charge in [0.05, 0.1) is 11.3 Å². The SMILES string of the molecule is CCCN(C)c1ccc(N)cc1C#N. The van der Waals surface area contributed by atoms with E-state index in [9.17, 15) is 0 Å². The minimum Gasteiger partial charge on any atom is -0.399 e. The Morgan fingerprint density at radius 2 is 2.21 bits per heavy atom. The average Bonchev–Trinajstić information content (AvgIpc) is 2.17. The first-order chi connectivity index (χ1) is 6.69. The zero-order valence-electron chi connectivity index (χ0n) is 8.62. The quantitative estimate of drug-likeness (QED) is 0.740. The highest BCUT2D eigenvalue weighted by molar-refractivity contribution is 5.63. The Hall–Kier alpha value is -1.69. The van der Waals surface area contributed by atoms with Gasteiger partial charge >= 0.3 is 0 Å². The molecular formula is C11H15N3. The lowest BCUT2D eigenvalue weighted by Gasteiger charge is -2.19. The second-order valence-corrected chi connectivity index (χ2v) is 3.31. The Kier molecular flexibility index (Phi) is 3.35. The molecule has 1 aromatic rings. The van der Waals surface area contributed by atoms with Crippen molar-refractivity contribution in [1.29, 1.82) is 5.26 Å². The van der Waals surface area contributed by atoms with Crippen LogP contribution in [0.25, 0.3) is 0 Å². The van der Waals surface area contributed by atoms with Crippen molar-refractivity contribution in [1.82, 2.24) is 0 Å². The summed E-state index contributed by atoms with van der Waals surface area (Å²) in [4.78, 5) is 2.07. The van der Waals surface area contributed by atoms with E-state index in [-0.39, 0.29) is 0 Å². The largest absolute Gasteiger partial charge is 0.399 e. The molecular weight excluding hydrogens is 174 g/mol. The fourth-order valence-corrected chi connectivity index (χ4v) is 1.43. The molecule has 2 N–H and O–H groups in total. The zero-order chi connectivity index (χ0) is 10.6. The number of anilines is 2. The van der Waals surface area contributed by atoms with E-state index < -0.39 is 0 Å². The molecule has 0 aliphatic rings. The predicted molar refractivity (Wildman–Crippen MR) is 59.1 cm³/mol. The number of benzene rings is 1. The van der Waals surface area contributed by atoms with E-state index in [0.717, 1.165) is 18.7 Å². The predicted octanol–water partition coefficient (Wildman–Crippen LogP) is 1.99. The summed E-state index contributed by atoms with van der Waals surface area (Å²) < 4.78 is 0. The Labute approximate surface area is 84.7 Å². The van der Waals surface area contributed by atoms with Crippen molar-refractivity contribution in [3.8, 4) is 6.07 Å². The molecule has 0 radical (unpaired) electrons. The molecule has 3 nitrogen and oxygen atoms in total. The van der Waals surface area contributed by atoms with Crippen molar-refractivity contribution in [2.75, 3.05) is 24.2 Å². The smallest absolute Gasteiger partial charge is 0.101 e. The molecule has 0 saturated carbocycles. The van der Waals surface area contributed by atoms with E-state index in [1.54, 1.807) is 6.07 Å². The van der Waals surface area contributed by atoms with Crippen LogP contribution in [0.1, 0.15) is 18.9 Å². The van der Waals surface area contributed by atoms with Gasteiger partial charge in [0.25, 0.3) is 0 Å². The van der Waals surface area contributed by atoms with Gasteiger partial charge in [-0.3, -0.25) is 0 Å². The van der Waals surface area contributed by atoms with Gasteiger partial charge in [-0.05, 0) is 24.6 Å². The van der Waals surface area contributed by atoms with E-state index in [4.69, 9.17) is 11.0 Å². The third-order valence-electron chi connectivity index (χ3n) is 2.11. The second kappa shape index (κ2) is 4.52. The molecule has 1 rings (SSSR count). The summed E-state index contributed by atoms with van der Waals surface area (Å²) >= 11 is 0. The van der Waals surface area contributed by atoms with Crippen molar-refractivity contribution in [2.24, 2.45) is 0 Å². The highest BCUT2D eigenvalue weighted by Crippen LogP contribution is 2.21. The van der Waals surface area contributed by atoms with Gasteiger partial charge in [-0.1, -0.05) is 6.92 Å². The van der Waals surface area contributed by atoms with Crippen LogP contribution in [0.2, 0.25) is 0 Å². The van der Waals surface area contributed by atoms with E-state index in [1.165, 1.54) is 0 Å². The fraction of sp³-hybridized carbons (Fsp3) is 0.364. The third-order valence-corrected chi connectivity index (χ3v) is 2.11. The summed E-state index contributed by atoms with van der Waals surface area (Å²) in [7, 11) is 1.98. The summed E-state index contributed by atoms with van der Waals surface area (Å²) in [6, 6.07) is 7.58. The first-order valence-corrected chi connectivity index (χ1v) is 4.69. The standard InChI is InChI=1S/C11H15N3/c1-3-6-14(2)11-5-4-10(13)7-9(11)8-12/h4-5,7H,3,6,13H2,1-2H3. The Bertz CT molecular complexity index is 352. The van der Waals surface area contributed by atoms with Crippen LogP contribution in [0, 0.1) is 11.3 Å². The molecule has 3 heteroatoms. The van der Waals surface area contributed by atoms with Gasteiger partial charge in [-0.15, -0.1) is 0 Å². The monoisotopic (exact) mass is 189 g/mol. The molecule has 14 heavy (non-hydrogen) atoms. The Morgan fingerprint density at radius 1 is 1.50 bits per heavy atom. The van der Waals surface area contributed by atoms with Gasteiger partial charge in [0, 0.05) is 19.3 Å². The van der Waals surface area contributed by atoms with Crippen LogP contribution in [0.5, 0.6) is 0 Å². The normalized spacial score (nSPS) is 9.50. The van der Waals surface area contributed by atoms with Crippen LogP contribution in [0.4, 0.5) is 11.4 Å². The highest BCUT2D eigenvalue weighted by atomic mass is 15.1. The summed E-state index contributed by atoms with van der Waals surface area (Å²) in [5, 5.41) is 8.93. The van der Waals surface area contributed by atoms with Crippen molar-refractivity contribution in [3.63, 3.8) is 0 Å². The molecule has 0 amide bonds. The maximum Gasteiger partial charge on any atom is 0.101 e. The number of nitriles is 1. The van der Waals surface area contributed by atoms with Crippen molar-refractivity contribution in [3.05, 3.63) is 23.8 Å². The van der Waals surface area contributed by atoms with Crippen LogP contribution in [0.15, 0.2) is 18.2 Å². The molecule has 0 atom stereocenters. The van der Waals surface area contributed by atoms with Crippen LogP contribution >= 0.6 is 0 Å². The zero-order valence-corrected chi connectivity index (χ0v) is 8.62. The van der Waals surface area contributed by atoms with Gasteiger partial charge in [0.2, 0.25) is 0 Å². The second-order valence-electron chi connectivity index (χ2n) is 3.31. The molecule has 0 bridgehead atoms. The fourth-order valence-electron chi connectivity index (χ4n) is 1.43. The van der Waals surface area contributed by atoms with Crippen LogP contribution in [0.3, 0.4) is 0 Å². The van der Waals surface area contributed by atoms with Crippen LogP contribution in [-0.4, -0.2) is 13.6 Å². The molecule has 0 aliphatic heterocycles. The molecule has 0 heterocycles. The third kappa shape index (κ3) is 2.17. The van der Waals surface area contributed by atoms with Gasteiger partial charge < -0.3 is 10.6 Å². The highest BCUT2D eigenvalue weighted by Gasteiger charge is 2.06. The number of rotatable bonds is 3. The maximum atomic E-state index is 8.93. The van der Waals surface area contributed by atoms with E-state index in [0.29, 0.717) is 11.3 Å². The Morgan fingerprint density at radius 3 is 2.79 bits per heavy atom. The Balaban J connectivity index is 3.03. The molecule has 0 unspecified atom stereocenters. The molecule has 74 valence electrons. The molecule has 0 aromatic heterocycles. The van der Waals surface area contributed by atoms with E-state index in [1.807, 2.05) is 19.2 Å². The minimum atomic E-state index is 0.634. The lowest BCUT2D eigenvalue weighted by atomic mass is 10.1. The van der Waals surface area contributed by atoms with Crippen LogP contribution < -0.4 is 10.6 Å². The summed E-state index contributed by atoms with van der Waals surface area (Å²) in [6.07, 6.45) is 1.06. The topological polar surface area (TPSA) is 53.0 Å². The maximum absolute atomic E-state index is 8.93. The molecule has 1 aromatic carbocycles. The lowest BCUT2D eigenvalue weighted by Crippen LogP contribution is -2.18. The first-order valence-electron chi connectivity index (χ1n) is 4.69. The van der Waals surface area contributed by atoms with Crippen LogP contribution in [-0.2, 0) is 0 Å². The van der Waals surface area contributed by atoms with Gasteiger partial charge in [-0.25, -0.2) is 0 Å². The van der Waals surface area contributed by atoms with E-state index >= 15 is 0 Å². The van der Waals surface area contributed by atoms with E-state index in [2.05, 4.69) is 17.9 Å². The number of nitrogen functional groups attached to an aromatic ring is 1. The first kappa shape index (κ1) is 10.4. The number of hydrogen-bond donors (Lipinski definition) is 1. The summed E-state index contributed by atoms with van der Waals surface area (Å²) in [6.45, 7) is 3.05. The van der Waals surface area contributed by atoms with Gasteiger partial charge in [0.15, 0.2) is 0 Å². The van der Waals surface area contributed by atoms with Crippen molar-refractivity contribution in [2.45, 2.75) is 13.3 Å². The molecule has 0 spiro atoms. The van der Waals surface area contributed by atoms with Gasteiger partial charge in [-0.2, -0.15) is 5.26 Å². The summed E-state index contributed by atoms with van der Waals surface area (Å²) in [5.74, 6) is 0. The minimum absolute atomic E-state index is 0.634. The summed E-state index contributed by atoms with van der Waals surface area (Å²) in [5.41, 5.74) is 7.83.